The molecule has 0 radical (unpaired) electrons. The molecule has 0 aromatic rings. The van der Waals surface area contributed by atoms with Gasteiger partial charge in [-0.25, -0.2) is 0 Å². The number of aliphatic hydroxyl groups is 1. The van der Waals surface area contributed by atoms with E-state index in [1.165, 1.54) is 6.42 Å². The topological polar surface area (TPSA) is 49.3 Å². The standard InChI is InChI=1S/C12H21NO2/c14-9-5-4-8-12(15)13-10-11-6-2-1-3-7-11/h1-2,11,14H,3-10H2,(H,13,15). The zero-order chi connectivity index (χ0) is 10.9. The van der Waals surface area contributed by atoms with E-state index in [2.05, 4.69) is 17.5 Å². The molecule has 0 aromatic carbocycles. The van der Waals surface area contributed by atoms with Crippen molar-refractivity contribution in [2.75, 3.05) is 13.2 Å². The third kappa shape index (κ3) is 5.57. The number of hydrogen-bond acceptors (Lipinski definition) is 2. The molecule has 1 rings (SSSR count). The van der Waals surface area contributed by atoms with Crippen LogP contribution in [0.5, 0.6) is 0 Å². The average molecular weight is 211 g/mol. The van der Waals surface area contributed by atoms with E-state index in [0.717, 1.165) is 32.2 Å². The van der Waals surface area contributed by atoms with Crippen LogP contribution in [0.3, 0.4) is 0 Å². The highest BCUT2D eigenvalue weighted by molar-refractivity contribution is 5.75. The van der Waals surface area contributed by atoms with Crippen molar-refractivity contribution in [1.82, 2.24) is 5.32 Å². The number of aliphatic hydroxyl groups excluding tert-OH is 1. The lowest BCUT2D eigenvalue weighted by Gasteiger charge is -2.17. The minimum absolute atomic E-state index is 0.123. The van der Waals surface area contributed by atoms with Crippen LogP contribution in [0.4, 0.5) is 0 Å². The molecule has 0 bridgehead atoms. The Kier molecular flexibility index (Phi) is 6.09. The van der Waals surface area contributed by atoms with Crippen molar-refractivity contribution in [3.05, 3.63) is 12.2 Å². The molecule has 0 aromatic heterocycles. The molecular weight excluding hydrogens is 190 g/mol. The molecule has 15 heavy (non-hydrogen) atoms. The lowest BCUT2D eigenvalue weighted by Crippen LogP contribution is -2.29. The van der Waals surface area contributed by atoms with Crippen molar-refractivity contribution in [3.8, 4) is 0 Å². The van der Waals surface area contributed by atoms with Crippen LogP contribution in [0.1, 0.15) is 38.5 Å². The van der Waals surface area contributed by atoms with E-state index >= 15 is 0 Å². The first kappa shape index (κ1) is 12.2. The fraction of sp³-hybridized carbons (Fsp3) is 0.750. The second-order valence-corrected chi connectivity index (χ2v) is 4.14. The number of rotatable bonds is 6. The van der Waals surface area contributed by atoms with Crippen LogP contribution < -0.4 is 5.32 Å². The molecular formula is C12H21NO2. The highest BCUT2D eigenvalue weighted by Crippen LogP contribution is 2.16. The van der Waals surface area contributed by atoms with E-state index in [9.17, 15) is 4.79 Å². The molecule has 3 heteroatoms. The largest absolute Gasteiger partial charge is 0.396 e. The fourth-order valence-corrected chi connectivity index (χ4v) is 1.79. The van der Waals surface area contributed by atoms with Crippen molar-refractivity contribution in [3.63, 3.8) is 0 Å². The quantitative estimate of drug-likeness (QED) is 0.518. The summed E-state index contributed by atoms with van der Waals surface area (Å²) < 4.78 is 0. The molecule has 0 fully saturated rings. The predicted octanol–water partition coefficient (Wildman–Crippen LogP) is 1.62. The molecule has 2 N–H and O–H groups in total. The van der Waals surface area contributed by atoms with Crippen molar-refractivity contribution in [2.24, 2.45) is 5.92 Å². The van der Waals surface area contributed by atoms with Gasteiger partial charge in [-0.05, 0) is 38.0 Å². The molecule has 1 unspecified atom stereocenters. The van der Waals surface area contributed by atoms with Gasteiger partial charge in [0.15, 0.2) is 0 Å². The number of hydrogen-bond donors (Lipinski definition) is 2. The summed E-state index contributed by atoms with van der Waals surface area (Å²) in [4.78, 5) is 11.3. The van der Waals surface area contributed by atoms with Crippen LogP contribution >= 0.6 is 0 Å². The third-order valence-corrected chi connectivity index (χ3v) is 2.78. The highest BCUT2D eigenvalue weighted by Gasteiger charge is 2.10. The van der Waals surface area contributed by atoms with E-state index < -0.39 is 0 Å². The smallest absolute Gasteiger partial charge is 0.220 e. The van der Waals surface area contributed by atoms with Crippen molar-refractivity contribution in [1.29, 1.82) is 0 Å². The number of allylic oxidation sites excluding steroid dienone is 2. The molecule has 0 heterocycles. The van der Waals surface area contributed by atoms with E-state index in [-0.39, 0.29) is 12.5 Å². The van der Waals surface area contributed by atoms with Gasteiger partial charge in [-0.3, -0.25) is 4.79 Å². The molecule has 1 atom stereocenters. The summed E-state index contributed by atoms with van der Waals surface area (Å²) in [5, 5.41) is 11.5. The van der Waals surface area contributed by atoms with Crippen molar-refractivity contribution < 1.29 is 9.90 Å². The minimum atomic E-state index is 0.123. The van der Waals surface area contributed by atoms with Crippen LogP contribution in [0.15, 0.2) is 12.2 Å². The molecule has 0 saturated carbocycles. The summed E-state index contributed by atoms with van der Waals surface area (Å²) in [6.45, 7) is 0.989. The minimum Gasteiger partial charge on any atom is -0.396 e. The number of unbranched alkanes of at least 4 members (excludes halogenated alkanes) is 1. The Balaban J connectivity index is 2.03. The molecule has 3 nitrogen and oxygen atoms in total. The van der Waals surface area contributed by atoms with Gasteiger partial charge in [0.2, 0.25) is 5.91 Å². The molecule has 1 aliphatic rings. The van der Waals surface area contributed by atoms with Gasteiger partial charge in [0.05, 0.1) is 0 Å². The molecule has 0 spiro atoms. The Morgan fingerprint density at radius 3 is 2.93 bits per heavy atom. The van der Waals surface area contributed by atoms with Gasteiger partial charge in [0.1, 0.15) is 0 Å². The number of amides is 1. The molecule has 86 valence electrons. The Hall–Kier alpha value is -0.830. The summed E-state index contributed by atoms with van der Waals surface area (Å²) >= 11 is 0. The van der Waals surface area contributed by atoms with Gasteiger partial charge in [-0.1, -0.05) is 12.2 Å². The summed E-state index contributed by atoms with van der Waals surface area (Å²) in [6, 6.07) is 0. The van der Waals surface area contributed by atoms with Crippen LogP contribution in [0.25, 0.3) is 0 Å². The van der Waals surface area contributed by atoms with Gasteiger partial charge in [0.25, 0.3) is 0 Å². The van der Waals surface area contributed by atoms with E-state index in [4.69, 9.17) is 5.11 Å². The lowest BCUT2D eigenvalue weighted by molar-refractivity contribution is -0.121. The zero-order valence-corrected chi connectivity index (χ0v) is 9.24. The summed E-state index contributed by atoms with van der Waals surface area (Å²) in [5.41, 5.74) is 0. The maximum Gasteiger partial charge on any atom is 0.220 e. The molecule has 0 aliphatic heterocycles. The number of carbonyl (C=O) groups excluding carboxylic acids is 1. The van der Waals surface area contributed by atoms with E-state index in [1.807, 2.05) is 0 Å². The average Bonchev–Trinajstić information content (AvgIpc) is 2.28. The Labute approximate surface area is 91.6 Å². The maximum absolute atomic E-state index is 11.3. The normalized spacial score (nSPS) is 20.2. The van der Waals surface area contributed by atoms with Crippen LogP contribution in [0, 0.1) is 5.92 Å². The third-order valence-electron chi connectivity index (χ3n) is 2.78. The van der Waals surface area contributed by atoms with Crippen molar-refractivity contribution >= 4 is 5.91 Å². The summed E-state index contributed by atoms with van der Waals surface area (Å²) in [7, 11) is 0. The van der Waals surface area contributed by atoms with Gasteiger partial charge >= 0.3 is 0 Å². The monoisotopic (exact) mass is 211 g/mol. The van der Waals surface area contributed by atoms with Gasteiger partial charge in [-0.15, -0.1) is 0 Å². The van der Waals surface area contributed by atoms with E-state index in [0.29, 0.717) is 12.3 Å². The van der Waals surface area contributed by atoms with E-state index in [1.54, 1.807) is 0 Å². The Morgan fingerprint density at radius 1 is 1.40 bits per heavy atom. The molecule has 0 saturated heterocycles. The Morgan fingerprint density at radius 2 is 2.27 bits per heavy atom. The zero-order valence-electron chi connectivity index (χ0n) is 9.24. The second kappa shape index (κ2) is 7.46. The van der Waals surface area contributed by atoms with Gasteiger partial charge < -0.3 is 10.4 Å². The summed E-state index contributed by atoms with van der Waals surface area (Å²) in [5.74, 6) is 0.745. The second-order valence-electron chi connectivity index (χ2n) is 4.14. The summed E-state index contributed by atoms with van der Waals surface area (Å²) in [6.07, 6.45) is 9.89. The first-order valence-electron chi connectivity index (χ1n) is 5.85. The van der Waals surface area contributed by atoms with Crippen LogP contribution in [-0.2, 0) is 4.79 Å². The Bertz CT molecular complexity index is 214. The van der Waals surface area contributed by atoms with Gasteiger partial charge in [0, 0.05) is 19.6 Å². The SMILES string of the molecule is O=C(CCCCO)NCC1CC=CCC1. The van der Waals surface area contributed by atoms with Crippen LogP contribution in [-0.4, -0.2) is 24.2 Å². The first-order valence-corrected chi connectivity index (χ1v) is 5.85. The highest BCUT2D eigenvalue weighted by atomic mass is 16.2. The first-order chi connectivity index (χ1) is 7.33. The predicted molar refractivity (Wildman–Crippen MR) is 60.4 cm³/mol. The molecule has 1 amide bonds. The van der Waals surface area contributed by atoms with Crippen LogP contribution in [0.2, 0.25) is 0 Å². The number of nitrogens with one attached hydrogen (secondary N) is 1. The maximum atomic E-state index is 11.3. The number of carbonyl (C=O) groups is 1. The lowest BCUT2D eigenvalue weighted by atomic mass is 9.94. The molecule has 1 aliphatic carbocycles. The van der Waals surface area contributed by atoms with Crippen molar-refractivity contribution in [2.45, 2.75) is 38.5 Å². The van der Waals surface area contributed by atoms with Gasteiger partial charge in [-0.2, -0.15) is 0 Å². The fourth-order valence-electron chi connectivity index (χ4n) is 1.79.